The Hall–Kier alpha value is -1.27. The standard InChI is InChI=1S/C17H18Cl2N2O2S/c1-21-9-14(13-7-11(18)8-16(19)15(13)10-21)12-5-3-4-6-17(12)20-24(2,22)23/h3-8,14,20H,9-10H2,1-2H3. The van der Waals surface area contributed by atoms with E-state index in [1.165, 1.54) is 0 Å². The van der Waals surface area contributed by atoms with Crippen LogP contribution in [-0.2, 0) is 16.6 Å². The van der Waals surface area contributed by atoms with Crippen LogP contribution in [0.5, 0.6) is 0 Å². The molecular formula is C17H18Cl2N2O2S. The van der Waals surface area contributed by atoms with Crippen LogP contribution in [0.3, 0.4) is 0 Å². The fourth-order valence-corrected chi connectivity index (χ4v) is 4.36. The molecule has 0 saturated carbocycles. The van der Waals surface area contributed by atoms with Crippen molar-refractivity contribution < 1.29 is 8.42 Å². The summed E-state index contributed by atoms with van der Waals surface area (Å²) in [4.78, 5) is 2.17. The quantitative estimate of drug-likeness (QED) is 0.871. The van der Waals surface area contributed by atoms with Crippen molar-refractivity contribution in [2.45, 2.75) is 12.5 Å². The van der Waals surface area contributed by atoms with Gasteiger partial charge in [0.05, 0.1) is 11.9 Å². The van der Waals surface area contributed by atoms with Gasteiger partial charge in [0.25, 0.3) is 0 Å². The largest absolute Gasteiger partial charge is 0.301 e. The van der Waals surface area contributed by atoms with E-state index >= 15 is 0 Å². The molecule has 1 unspecified atom stereocenters. The normalized spacial score (nSPS) is 18.2. The molecule has 1 atom stereocenters. The maximum absolute atomic E-state index is 11.7. The maximum Gasteiger partial charge on any atom is 0.229 e. The van der Waals surface area contributed by atoms with Crippen LogP contribution in [0.15, 0.2) is 36.4 Å². The molecule has 24 heavy (non-hydrogen) atoms. The van der Waals surface area contributed by atoms with Crippen LogP contribution in [0.1, 0.15) is 22.6 Å². The molecule has 1 aliphatic rings. The van der Waals surface area contributed by atoms with Gasteiger partial charge >= 0.3 is 0 Å². The molecule has 0 aromatic heterocycles. The van der Waals surface area contributed by atoms with Crippen LogP contribution in [0.2, 0.25) is 10.0 Å². The van der Waals surface area contributed by atoms with Gasteiger partial charge in [0.15, 0.2) is 0 Å². The second-order valence-electron chi connectivity index (χ2n) is 6.17. The van der Waals surface area contributed by atoms with E-state index in [1.54, 1.807) is 12.1 Å². The third-order valence-electron chi connectivity index (χ3n) is 4.12. The number of para-hydroxylation sites is 1. The first kappa shape index (κ1) is 17.5. The van der Waals surface area contributed by atoms with Crippen molar-refractivity contribution in [3.8, 4) is 0 Å². The average molecular weight is 385 g/mol. The van der Waals surface area contributed by atoms with Gasteiger partial charge in [-0.1, -0.05) is 41.4 Å². The van der Waals surface area contributed by atoms with Crippen molar-refractivity contribution in [1.29, 1.82) is 0 Å². The molecule has 0 aliphatic carbocycles. The van der Waals surface area contributed by atoms with Crippen molar-refractivity contribution in [3.05, 3.63) is 63.1 Å². The molecule has 128 valence electrons. The monoisotopic (exact) mass is 384 g/mol. The minimum Gasteiger partial charge on any atom is -0.301 e. The lowest BCUT2D eigenvalue weighted by Gasteiger charge is -2.34. The Balaban J connectivity index is 2.15. The summed E-state index contributed by atoms with van der Waals surface area (Å²) in [6.07, 6.45) is 1.15. The summed E-state index contributed by atoms with van der Waals surface area (Å²) < 4.78 is 26.0. The topological polar surface area (TPSA) is 49.4 Å². The number of hydrogen-bond donors (Lipinski definition) is 1. The summed E-state index contributed by atoms with van der Waals surface area (Å²) in [5.41, 5.74) is 3.58. The zero-order valence-electron chi connectivity index (χ0n) is 13.4. The van der Waals surface area contributed by atoms with Gasteiger partial charge in [-0.25, -0.2) is 8.42 Å². The first-order valence-corrected chi connectivity index (χ1v) is 10.1. The van der Waals surface area contributed by atoms with Crippen molar-refractivity contribution in [2.24, 2.45) is 0 Å². The van der Waals surface area contributed by atoms with Crippen LogP contribution in [0.4, 0.5) is 5.69 Å². The van der Waals surface area contributed by atoms with E-state index in [0.717, 1.165) is 36.0 Å². The van der Waals surface area contributed by atoms with Gasteiger partial charge in [-0.05, 0) is 41.9 Å². The van der Waals surface area contributed by atoms with E-state index in [9.17, 15) is 8.42 Å². The van der Waals surface area contributed by atoms with Gasteiger partial charge in [0.2, 0.25) is 10.0 Å². The number of halogens is 2. The van der Waals surface area contributed by atoms with Crippen LogP contribution < -0.4 is 4.72 Å². The van der Waals surface area contributed by atoms with E-state index in [0.29, 0.717) is 15.7 Å². The second kappa shape index (κ2) is 6.56. The lowest BCUT2D eigenvalue weighted by atomic mass is 9.84. The first-order valence-electron chi connectivity index (χ1n) is 7.47. The first-order chi connectivity index (χ1) is 11.2. The van der Waals surface area contributed by atoms with Gasteiger partial charge in [0.1, 0.15) is 0 Å². The van der Waals surface area contributed by atoms with Crippen molar-refractivity contribution in [3.63, 3.8) is 0 Å². The molecule has 2 aromatic carbocycles. The number of hydrogen-bond acceptors (Lipinski definition) is 3. The average Bonchev–Trinajstić information content (AvgIpc) is 2.46. The number of nitrogens with one attached hydrogen (secondary N) is 1. The number of fused-ring (bicyclic) bond motifs is 1. The number of nitrogens with zero attached hydrogens (tertiary/aromatic N) is 1. The SMILES string of the molecule is CN1Cc2c(Cl)cc(Cl)cc2C(c2ccccc2NS(C)(=O)=O)C1. The second-order valence-corrected chi connectivity index (χ2v) is 8.76. The molecule has 0 fully saturated rings. The van der Waals surface area contributed by atoms with E-state index in [4.69, 9.17) is 23.2 Å². The van der Waals surface area contributed by atoms with Crippen LogP contribution in [0, 0.1) is 0 Å². The Morgan fingerprint density at radius 3 is 2.58 bits per heavy atom. The highest BCUT2D eigenvalue weighted by Crippen LogP contribution is 2.40. The molecule has 4 nitrogen and oxygen atoms in total. The highest BCUT2D eigenvalue weighted by Gasteiger charge is 2.28. The minimum atomic E-state index is -3.36. The summed E-state index contributed by atoms with van der Waals surface area (Å²) in [6.45, 7) is 1.50. The minimum absolute atomic E-state index is 0.0135. The number of rotatable bonds is 3. The fourth-order valence-electron chi connectivity index (χ4n) is 3.21. The predicted molar refractivity (Wildman–Crippen MR) is 99.5 cm³/mol. The molecule has 3 rings (SSSR count). The van der Waals surface area contributed by atoms with Gasteiger partial charge in [-0.2, -0.15) is 0 Å². The summed E-state index contributed by atoms with van der Waals surface area (Å²) in [6, 6.07) is 11.1. The van der Waals surface area contributed by atoms with E-state index in [2.05, 4.69) is 9.62 Å². The van der Waals surface area contributed by atoms with Crippen molar-refractivity contribution >= 4 is 38.9 Å². The summed E-state index contributed by atoms with van der Waals surface area (Å²) in [5, 5.41) is 1.23. The number of benzene rings is 2. The fraction of sp³-hybridized carbons (Fsp3) is 0.294. The highest BCUT2D eigenvalue weighted by molar-refractivity contribution is 7.92. The van der Waals surface area contributed by atoms with Crippen molar-refractivity contribution in [1.82, 2.24) is 4.90 Å². The lowest BCUT2D eigenvalue weighted by molar-refractivity contribution is 0.295. The molecule has 0 bridgehead atoms. The Morgan fingerprint density at radius 2 is 1.88 bits per heavy atom. The van der Waals surface area contributed by atoms with Gasteiger partial charge in [0, 0.05) is 29.1 Å². The molecule has 0 spiro atoms. The number of likely N-dealkylation sites (N-methyl/N-ethyl adjacent to an activating group) is 1. The molecule has 0 saturated heterocycles. The van der Waals surface area contributed by atoms with Crippen LogP contribution in [0.25, 0.3) is 0 Å². The number of anilines is 1. The predicted octanol–water partition coefficient (Wildman–Crippen LogP) is 3.94. The smallest absolute Gasteiger partial charge is 0.229 e. The van der Waals surface area contributed by atoms with Crippen LogP contribution in [-0.4, -0.2) is 33.2 Å². The van der Waals surface area contributed by atoms with E-state index < -0.39 is 10.0 Å². The lowest BCUT2D eigenvalue weighted by Crippen LogP contribution is -2.31. The highest BCUT2D eigenvalue weighted by atomic mass is 35.5. The Bertz CT molecular complexity index is 884. The van der Waals surface area contributed by atoms with Gasteiger partial charge in [-0.15, -0.1) is 0 Å². The van der Waals surface area contributed by atoms with Crippen LogP contribution >= 0.6 is 23.2 Å². The van der Waals surface area contributed by atoms with Gasteiger partial charge in [-0.3, -0.25) is 4.72 Å². The molecule has 1 N–H and O–H groups in total. The maximum atomic E-state index is 11.7. The van der Waals surface area contributed by atoms with E-state index in [1.807, 2.05) is 31.3 Å². The third-order valence-corrected chi connectivity index (χ3v) is 5.27. The molecular weight excluding hydrogens is 367 g/mol. The zero-order valence-corrected chi connectivity index (χ0v) is 15.7. The Labute approximate surface area is 152 Å². The third kappa shape index (κ3) is 3.70. The summed E-state index contributed by atoms with van der Waals surface area (Å²) in [5.74, 6) is -0.0135. The Morgan fingerprint density at radius 1 is 1.17 bits per heavy atom. The molecule has 0 amide bonds. The molecule has 7 heteroatoms. The molecule has 2 aromatic rings. The van der Waals surface area contributed by atoms with E-state index in [-0.39, 0.29) is 5.92 Å². The molecule has 0 radical (unpaired) electrons. The molecule has 1 heterocycles. The zero-order chi connectivity index (χ0) is 17.5. The molecule has 1 aliphatic heterocycles. The van der Waals surface area contributed by atoms with Gasteiger partial charge < -0.3 is 4.90 Å². The van der Waals surface area contributed by atoms with Crippen molar-refractivity contribution in [2.75, 3.05) is 24.6 Å². The number of sulfonamides is 1. The Kier molecular flexibility index (Phi) is 4.80. The summed E-state index contributed by atoms with van der Waals surface area (Å²) in [7, 11) is -1.34. The summed E-state index contributed by atoms with van der Waals surface area (Å²) >= 11 is 12.6.